The average Bonchev–Trinajstić information content (AvgIpc) is 3.01. The van der Waals surface area contributed by atoms with Gasteiger partial charge in [-0.2, -0.15) is 4.37 Å². The van der Waals surface area contributed by atoms with Crippen LogP contribution in [0.5, 0.6) is 0 Å². The van der Waals surface area contributed by atoms with Crippen molar-refractivity contribution in [2.24, 2.45) is 5.92 Å². The quantitative estimate of drug-likeness (QED) is 0.896. The second-order valence-corrected chi connectivity index (χ2v) is 6.20. The van der Waals surface area contributed by atoms with Gasteiger partial charge in [0.2, 0.25) is 5.13 Å². The normalized spacial score (nSPS) is 31.4. The summed E-state index contributed by atoms with van der Waals surface area (Å²) in [5.41, 5.74) is 0. The molecule has 0 aliphatic carbocycles. The Balaban J connectivity index is 1.64. The van der Waals surface area contributed by atoms with Crippen LogP contribution in [0.3, 0.4) is 0 Å². The van der Waals surface area contributed by atoms with Gasteiger partial charge in [0.15, 0.2) is 0 Å². The maximum atomic E-state index is 5.85. The minimum absolute atomic E-state index is 0.382. The summed E-state index contributed by atoms with van der Waals surface area (Å²) in [6.45, 7) is 5.35. The van der Waals surface area contributed by atoms with Gasteiger partial charge < -0.3 is 10.1 Å². The lowest BCUT2D eigenvalue weighted by Crippen LogP contribution is -2.15. The molecule has 5 heteroatoms. The van der Waals surface area contributed by atoms with Gasteiger partial charge in [-0.05, 0) is 25.2 Å². The topological polar surface area (TPSA) is 47.0 Å². The molecule has 2 fully saturated rings. The molecule has 2 bridgehead atoms. The molecule has 1 aromatic rings. The Bertz CT molecular complexity index is 393. The monoisotopic (exact) mass is 253 g/mol. The van der Waals surface area contributed by atoms with Gasteiger partial charge in [0.05, 0.1) is 12.2 Å². The van der Waals surface area contributed by atoms with E-state index in [2.05, 4.69) is 28.5 Å². The predicted octanol–water partition coefficient (Wildman–Crippen LogP) is 2.64. The van der Waals surface area contributed by atoms with Crippen LogP contribution in [0.2, 0.25) is 0 Å². The number of nitrogens with one attached hydrogen (secondary N) is 1. The number of ether oxygens (including phenoxy) is 1. The smallest absolute Gasteiger partial charge is 0.202 e. The van der Waals surface area contributed by atoms with Crippen molar-refractivity contribution in [1.82, 2.24) is 9.36 Å². The number of rotatable bonds is 4. The van der Waals surface area contributed by atoms with Gasteiger partial charge >= 0.3 is 0 Å². The number of nitrogens with zero attached hydrogens (tertiary/aromatic N) is 2. The van der Waals surface area contributed by atoms with E-state index < -0.39 is 0 Å². The van der Waals surface area contributed by atoms with Gasteiger partial charge in [-0.25, -0.2) is 4.98 Å². The lowest BCUT2D eigenvalue weighted by atomic mass is 9.89. The Labute approximate surface area is 106 Å². The van der Waals surface area contributed by atoms with Gasteiger partial charge in [0.1, 0.15) is 5.82 Å². The van der Waals surface area contributed by atoms with Crippen LogP contribution in [-0.4, -0.2) is 28.1 Å². The molecule has 3 unspecified atom stereocenters. The number of anilines is 1. The SMILES string of the molecule is CC(C)CNc1nc(C2CC3CCC2O3)ns1. The first-order valence-electron chi connectivity index (χ1n) is 6.45. The van der Waals surface area contributed by atoms with E-state index >= 15 is 0 Å². The van der Waals surface area contributed by atoms with Gasteiger partial charge in [-0.1, -0.05) is 13.8 Å². The van der Waals surface area contributed by atoms with Crippen LogP contribution in [0.4, 0.5) is 5.13 Å². The largest absolute Gasteiger partial charge is 0.374 e. The Morgan fingerprint density at radius 2 is 2.35 bits per heavy atom. The molecule has 0 aromatic carbocycles. The molecule has 4 nitrogen and oxygen atoms in total. The minimum Gasteiger partial charge on any atom is -0.374 e. The maximum Gasteiger partial charge on any atom is 0.202 e. The Morgan fingerprint density at radius 3 is 3.00 bits per heavy atom. The van der Waals surface area contributed by atoms with Crippen molar-refractivity contribution in [2.75, 3.05) is 11.9 Å². The summed E-state index contributed by atoms with van der Waals surface area (Å²) in [6.07, 6.45) is 4.38. The van der Waals surface area contributed by atoms with E-state index in [1.54, 1.807) is 0 Å². The molecule has 3 heterocycles. The van der Waals surface area contributed by atoms with Crippen LogP contribution in [0.25, 0.3) is 0 Å². The highest BCUT2D eigenvalue weighted by atomic mass is 32.1. The number of hydrogen-bond acceptors (Lipinski definition) is 5. The average molecular weight is 253 g/mol. The summed E-state index contributed by atoms with van der Waals surface area (Å²) in [4.78, 5) is 4.60. The molecule has 3 atom stereocenters. The maximum absolute atomic E-state index is 5.85. The highest BCUT2D eigenvalue weighted by Crippen LogP contribution is 2.43. The first-order valence-corrected chi connectivity index (χ1v) is 7.22. The van der Waals surface area contributed by atoms with E-state index in [1.807, 2.05) is 0 Å². The summed E-state index contributed by atoms with van der Waals surface area (Å²) in [6, 6.07) is 0. The molecule has 0 saturated carbocycles. The highest BCUT2D eigenvalue weighted by molar-refractivity contribution is 7.09. The molecule has 17 heavy (non-hydrogen) atoms. The van der Waals surface area contributed by atoms with E-state index in [-0.39, 0.29) is 0 Å². The van der Waals surface area contributed by atoms with Crippen molar-refractivity contribution in [3.63, 3.8) is 0 Å². The zero-order valence-corrected chi connectivity index (χ0v) is 11.2. The third kappa shape index (κ3) is 2.31. The van der Waals surface area contributed by atoms with Crippen molar-refractivity contribution in [2.45, 2.75) is 51.2 Å². The fourth-order valence-corrected chi connectivity index (χ4v) is 3.30. The molecule has 2 aliphatic rings. The minimum atomic E-state index is 0.382. The molecule has 1 N–H and O–H groups in total. The van der Waals surface area contributed by atoms with Crippen molar-refractivity contribution in [1.29, 1.82) is 0 Å². The van der Waals surface area contributed by atoms with Crippen LogP contribution < -0.4 is 5.32 Å². The molecule has 0 amide bonds. The van der Waals surface area contributed by atoms with Gasteiger partial charge in [0.25, 0.3) is 0 Å². The van der Waals surface area contributed by atoms with Crippen LogP contribution >= 0.6 is 11.5 Å². The summed E-state index contributed by atoms with van der Waals surface area (Å²) in [5, 5.41) is 4.29. The molecule has 0 radical (unpaired) electrons. The second-order valence-electron chi connectivity index (χ2n) is 5.45. The zero-order chi connectivity index (χ0) is 11.8. The summed E-state index contributed by atoms with van der Waals surface area (Å²) in [5.74, 6) is 2.07. The molecule has 2 saturated heterocycles. The number of aromatic nitrogens is 2. The third-order valence-corrected chi connectivity index (χ3v) is 4.23. The molecule has 0 spiro atoms. The first kappa shape index (κ1) is 11.4. The lowest BCUT2D eigenvalue weighted by molar-refractivity contribution is 0.1000. The van der Waals surface area contributed by atoms with E-state index in [0.29, 0.717) is 24.0 Å². The fourth-order valence-electron chi connectivity index (χ4n) is 2.66. The summed E-state index contributed by atoms with van der Waals surface area (Å²) < 4.78 is 10.3. The van der Waals surface area contributed by atoms with Crippen molar-refractivity contribution in [3.05, 3.63) is 5.82 Å². The van der Waals surface area contributed by atoms with E-state index in [4.69, 9.17) is 4.74 Å². The van der Waals surface area contributed by atoms with Crippen molar-refractivity contribution < 1.29 is 4.74 Å². The molecule has 3 rings (SSSR count). The molecular weight excluding hydrogens is 234 g/mol. The van der Waals surface area contributed by atoms with Gasteiger partial charge in [-0.3, -0.25) is 0 Å². The molecular formula is C12H19N3OS. The van der Waals surface area contributed by atoms with E-state index in [9.17, 15) is 0 Å². The Hall–Kier alpha value is -0.680. The van der Waals surface area contributed by atoms with E-state index in [0.717, 1.165) is 23.9 Å². The van der Waals surface area contributed by atoms with Crippen molar-refractivity contribution >= 4 is 16.7 Å². The lowest BCUT2D eigenvalue weighted by Gasteiger charge is -2.14. The summed E-state index contributed by atoms with van der Waals surface area (Å²) >= 11 is 1.48. The Morgan fingerprint density at radius 1 is 1.47 bits per heavy atom. The van der Waals surface area contributed by atoms with Gasteiger partial charge in [-0.15, -0.1) is 0 Å². The Kier molecular flexibility index (Phi) is 3.04. The number of hydrogen-bond donors (Lipinski definition) is 1. The highest BCUT2D eigenvalue weighted by Gasteiger charge is 2.43. The van der Waals surface area contributed by atoms with Crippen LogP contribution in [0.15, 0.2) is 0 Å². The molecule has 1 aromatic heterocycles. The molecule has 94 valence electrons. The van der Waals surface area contributed by atoms with E-state index in [1.165, 1.54) is 24.4 Å². The standard InChI is InChI=1S/C12H19N3OS/c1-7(2)6-13-12-14-11(15-17-12)9-5-8-3-4-10(9)16-8/h7-10H,3-6H2,1-2H3,(H,13,14,15). The fraction of sp³-hybridized carbons (Fsp3) is 0.833. The second kappa shape index (κ2) is 4.53. The third-order valence-electron chi connectivity index (χ3n) is 3.54. The van der Waals surface area contributed by atoms with Crippen LogP contribution in [0.1, 0.15) is 44.9 Å². The summed E-state index contributed by atoms with van der Waals surface area (Å²) in [7, 11) is 0. The zero-order valence-electron chi connectivity index (χ0n) is 10.3. The number of fused-ring (bicyclic) bond motifs is 2. The predicted molar refractivity (Wildman–Crippen MR) is 68.5 cm³/mol. The van der Waals surface area contributed by atoms with Crippen LogP contribution in [-0.2, 0) is 4.74 Å². The first-order chi connectivity index (χ1) is 8.22. The van der Waals surface area contributed by atoms with Gasteiger partial charge in [0, 0.05) is 24.0 Å². The van der Waals surface area contributed by atoms with Crippen LogP contribution in [0, 0.1) is 5.92 Å². The van der Waals surface area contributed by atoms with Crippen molar-refractivity contribution in [3.8, 4) is 0 Å². The molecule has 2 aliphatic heterocycles.